The topological polar surface area (TPSA) is 85.7 Å². The van der Waals surface area contributed by atoms with Crippen molar-refractivity contribution in [2.45, 2.75) is 44.6 Å². The Kier molecular flexibility index (Phi) is 4.21. The number of hydrogen-bond donors (Lipinski definition) is 1. The molecule has 4 rings (SSSR count). The van der Waals surface area contributed by atoms with Crippen molar-refractivity contribution in [1.82, 2.24) is 24.7 Å². The lowest BCUT2D eigenvalue weighted by Gasteiger charge is -2.22. The fraction of sp³-hybridized carbons (Fsp3) is 0.444. The number of aromatic nitrogens is 5. The molecule has 0 saturated heterocycles. The first-order valence-electron chi connectivity index (χ1n) is 8.70. The van der Waals surface area contributed by atoms with E-state index in [1.165, 1.54) is 19.3 Å². The number of H-pyrrole nitrogens is 1. The van der Waals surface area contributed by atoms with Crippen LogP contribution < -0.4 is 10.3 Å². The van der Waals surface area contributed by atoms with Crippen LogP contribution in [0.3, 0.4) is 0 Å². The summed E-state index contributed by atoms with van der Waals surface area (Å²) in [5.41, 5.74) is 1.26. The Morgan fingerprint density at radius 2 is 2.16 bits per heavy atom. The summed E-state index contributed by atoms with van der Waals surface area (Å²) in [6, 6.07) is 4.00. The third kappa shape index (κ3) is 3.01. The zero-order valence-electron chi connectivity index (χ0n) is 14.2. The first kappa shape index (κ1) is 15.8. The Morgan fingerprint density at radius 3 is 2.96 bits per heavy atom. The molecule has 0 radical (unpaired) electrons. The van der Waals surface area contributed by atoms with E-state index in [0.29, 0.717) is 35.1 Å². The highest BCUT2D eigenvalue weighted by molar-refractivity contribution is 5.73. The highest BCUT2D eigenvalue weighted by Crippen LogP contribution is 2.29. The number of rotatable bonds is 4. The number of aromatic amines is 1. The maximum absolute atomic E-state index is 12.4. The number of methoxy groups -OCH3 is 1. The second kappa shape index (κ2) is 6.66. The van der Waals surface area contributed by atoms with Gasteiger partial charge in [-0.1, -0.05) is 19.3 Å². The van der Waals surface area contributed by atoms with Crippen molar-refractivity contribution >= 4 is 11.0 Å². The second-order valence-corrected chi connectivity index (χ2v) is 6.46. The molecule has 1 saturated carbocycles. The maximum atomic E-state index is 12.4. The number of hydrogen-bond acceptors (Lipinski definition) is 5. The summed E-state index contributed by atoms with van der Waals surface area (Å²) in [7, 11) is 1.61. The van der Waals surface area contributed by atoms with Crippen molar-refractivity contribution in [2.75, 3.05) is 7.11 Å². The molecule has 0 aromatic carbocycles. The first-order chi connectivity index (χ1) is 12.3. The van der Waals surface area contributed by atoms with Crippen LogP contribution in [0.15, 0.2) is 29.3 Å². The van der Waals surface area contributed by atoms with Gasteiger partial charge in [0.15, 0.2) is 5.65 Å². The largest absolute Gasteiger partial charge is 0.495 e. The van der Waals surface area contributed by atoms with Gasteiger partial charge in [-0.3, -0.25) is 9.78 Å². The Hall–Kier alpha value is -2.70. The number of fused-ring (bicyclic) bond motifs is 1. The van der Waals surface area contributed by atoms with Crippen molar-refractivity contribution < 1.29 is 4.74 Å². The summed E-state index contributed by atoms with van der Waals surface area (Å²) in [5.74, 6) is 1.26. The lowest BCUT2D eigenvalue weighted by atomic mass is 9.96. The van der Waals surface area contributed by atoms with Gasteiger partial charge in [0, 0.05) is 6.20 Å². The van der Waals surface area contributed by atoms with Crippen molar-refractivity contribution in [3.63, 3.8) is 0 Å². The monoisotopic (exact) mass is 339 g/mol. The maximum Gasteiger partial charge on any atom is 0.262 e. The van der Waals surface area contributed by atoms with Crippen LogP contribution in [-0.2, 0) is 6.42 Å². The molecular weight excluding hydrogens is 318 g/mol. The van der Waals surface area contributed by atoms with E-state index >= 15 is 0 Å². The Morgan fingerprint density at radius 1 is 1.32 bits per heavy atom. The number of pyridine rings is 1. The second-order valence-electron chi connectivity index (χ2n) is 6.46. The summed E-state index contributed by atoms with van der Waals surface area (Å²) in [4.78, 5) is 24.3. The molecule has 1 aliphatic carbocycles. The number of nitrogens with one attached hydrogen (secondary N) is 1. The summed E-state index contributed by atoms with van der Waals surface area (Å²) < 4.78 is 7.27. The quantitative estimate of drug-likeness (QED) is 0.790. The fourth-order valence-corrected chi connectivity index (χ4v) is 3.56. The minimum atomic E-state index is -0.156. The van der Waals surface area contributed by atoms with Gasteiger partial charge in [-0.05, 0) is 25.0 Å². The van der Waals surface area contributed by atoms with E-state index in [9.17, 15) is 4.79 Å². The third-order valence-electron chi connectivity index (χ3n) is 4.84. The minimum Gasteiger partial charge on any atom is -0.495 e. The normalized spacial score (nSPS) is 15.6. The molecule has 7 heteroatoms. The molecule has 3 aromatic rings. The van der Waals surface area contributed by atoms with Crippen LogP contribution in [0.4, 0.5) is 0 Å². The van der Waals surface area contributed by atoms with Gasteiger partial charge < -0.3 is 9.72 Å². The highest BCUT2D eigenvalue weighted by Gasteiger charge is 2.20. The van der Waals surface area contributed by atoms with E-state index in [1.807, 2.05) is 16.8 Å². The Balaban J connectivity index is 1.74. The minimum absolute atomic E-state index is 0.156. The molecule has 0 atom stereocenters. The van der Waals surface area contributed by atoms with Crippen molar-refractivity contribution in [3.05, 3.63) is 46.4 Å². The molecular formula is C18H21N5O2. The van der Waals surface area contributed by atoms with Crippen LogP contribution >= 0.6 is 0 Å². The Bertz CT molecular complexity index is 940. The van der Waals surface area contributed by atoms with Gasteiger partial charge in [-0.15, -0.1) is 0 Å². The molecule has 0 spiro atoms. The summed E-state index contributed by atoms with van der Waals surface area (Å²) in [6.45, 7) is 0. The van der Waals surface area contributed by atoms with E-state index in [0.717, 1.165) is 18.5 Å². The zero-order valence-corrected chi connectivity index (χ0v) is 14.2. The molecule has 0 amide bonds. The molecule has 1 N–H and O–H groups in total. The van der Waals surface area contributed by atoms with Gasteiger partial charge in [0.25, 0.3) is 5.56 Å². The van der Waals surface area contributed by atoms with Gasteiger partial charge in [0.2, 0.25) is 0 Å². The van der Waals surface area contributed by atoms with E-state index in [2.05, 4.69) is 15.1 Å². The SMILES string of the molecule is COc1cccnc1Cc1nc2c(cnn2C2CCCCC2)c(=O)[nH]1. The molecule has 1 fully saturated rings. The highest BCUT2D eigenvalue weighted by atomic mass is 16.5. The van der Waals surface area contributed by atoms with Crippen LogP contribution in [0.25, 0.3) is 11.0 Å². The molecule has 1 aliphatic rings. The summed E-state index contributed by atoms with van der Waals surface area (Å²) in [6.07, 6.45) is 9.60. The van der Waals surface area contributed by atoms with Crippen molar-refractivity contribution in [2.24, 2.45) is 0 Å². The van der Waals surface area contributed by atoms with Gasteiger partial charge in [0.1, 0.15) is 17.0 Å². The number of nitrogens with zero attached hydrogens (tertiary/aromatic N) is 4. The van der Waals surface area contributed by atoms with E-state index in [-0.39, 0.29) is 5.56 Å². The average Bonchev–Trinajstić information content (AvgIpc) is 3.07. The van der Waals surface area contributed by atoms with Gasteiger partial charge in [-0.2, -0.15) is 5.10 Å². The van der Waals surface area contributed by atoms with Crippen molar-refractivity contribution in [3.8, 4) is 5.75 Å². The van der Waals surface area contributed by atoms with Crippen LogP contribution in [0.2, 0.25) is 0 Å². The van der Waals surface area contributed by atoms with E-state index in [1.54, 1.807) is 19.5 Å². The van der Waals surface area contributed by atoms with Crippen LogP contribution in [-0.4, -0.2) is 31.8 Å². The predicted octanol–water partition coefficient (Wildman–Crippen LogP) is 2.62. The van der Waals surface area contributed by atoms with E-state index < -0.39 is 0 Å². The molecule has 25 heavy (non-hydrogen) atoms. The molecule has 0 aliphatic heterocycles. The third-order valence-corrected chi connectivity index (χ3v) is 4.84. The van der Waals surface area contributed by atoms with Gasteiger partial charge in [-0.25, -0.2) is 9.67 Å². The molecule has 7 nitrogen and oxygen atoms in total. The standard InChI is InChI=1S/C18H21N5O2/c1-25-15-8-5-9-19-14(15)10-16-21-17-13(18(24)22-16)11-20-23(17)12-6-3-2-4-7-12/h5,8-9,11-12H,2-4,6-7,10H2,1H3,(H,21,22,24). The summed E-state index contributed by atoms with van der Waals surface area (Å²) >= 11 is 0. The fourth-order valence-electron chi connectivity index (χ4n) is 3.56. The molecule has 3 heterocycles. The smallest absolute Gasteiger partial charge is 0.262 e. The molecule has 3 aromatic heterocycles. The molecule has 0 bridgehead atoms. The zero-order chi connectivity index (χ0) is 17.2. The first-order valence-corrected chi connectivity index (χ1v) is 8.70. The Labute approximate surface area is 145 Å². The van der Waals surface area contributed by atoms with E-state index in [4.69, 9.17) is 9.72 Å². The average molecular weight is 339 g/mol. The summed E-state index contributed by atoms with van der Waals surface area (Å²) in [5, 5.41) is 5.00. The van der Waals surface area contributed by atoms with Gasteiger partial charge >= 0.3 is 0 Å². The lowest BCUT2D eigenvalue weighted by Crippen LogP contribution is -2.17. The van der Waals surface area contributed by atoms with Crippen LogP contribution in [0.1, 0.15) is 49.7 Å². The van der Waals surface area contributed by atoms with Crippen molar-refractivity contribution in [1.29, 1.82) is 0 Å². The molecule has 0 unspecified atom stereocenters. The van der Waals surface area contributed by atoms with Crippen LogP contribution in [0.5, 0.6) is 5.75 Å². The van der Waals surface area contributed by atoms with Gasteiger partial charge in [0.05, 0.1) is 31.5 Å². The van der Waals surface area contributed by atoms with Crippen LogP contribution in [0, 0.1) is 0 Å². The lowest BCUT2D eigenvalue weighted by molar-refractivity contribution is 0.335. The molecule has 130 valence electrons. The number of ether oxygens (including phenoxy) is 1. The predicted molar refractivity (Wildman–Crippen MR) is 93.9 cm³/mol.